The molecule has 0 aromatic heterocycles. The van der Waals surface area contributed by atoms with Gasteiger partial charge in [0.15, 0.2) is 0 Å². The van der Waals surface area contributed by atoms with Gasteiger partial charge in [-0.15, -0.1) is 0 Å². The number of aliphatic carboxylic acids is 1. The summed E-state index contributed by atoms with van der Waals surface area (Å²) in [5, 5.41) is 8.96. The van der Waals surface area contributed by atoms with Gasteiger partial charge < -0.3 is 19.5 Å². The molecule has 1 aliphatic rings. The first kappa shape index (κ1) is 18.0. The zero-order chi connectivity index (χ0) is 18.4. The van der Waals surface area contributed by atoms with Gasteiger partial charge in [0.1, 0.15) is 5.70 Å². The zero-order valence-corrected chi connectivity index (χ0v) is 13.8. The van der Waals surface area contributed by atoms with Gasteiger partial charge in [-0.3, -0.25) is 4.79 Å². The molecule has 0 unspecified atom stereocenters. The Kier molecular flexibility index (Phi) is 5.73. The van der Waals surface area contributed by atoms with Crippen LogP contribution in [-0.2, 0) is 30.3 Å². The summed E-state index contributed by atoms with van der Waals surface area (Å²) in [4.78, 5) is 36.8. The Morgan fingerprint density at radius 1 is 1.08 bits per heavy atom. The zero-order valence-electron chi connectivity index (χ0n) is 13.8. The lowest BCUT2D eigenvalue weighted by molar-refractivity contribution is -0.139. The number of rotatable bonds is 5. The third-order valence-corrected chi connectivity index (χ3v) is 3.43. The molecule has 0 atom stereocenters. The molecule has 0 saturated carbocycles. The van der Waals surface area contributed by atoms with Crippen molar-refractivity contribution < 1.29 is 29.0 Å². The fourth-order valence-corrected chi connectivity index (χ4v) is 2.36. The number of ether oxygens (including phenoxy) is 2. The Labute approximate surface area is 144 Å². The minimum Gasteiger partial charge on any atom is -0.481 e. The Bertz CT molecular complexity index is 791. The molecule has 0 fully saturated rings. The van der Waals surface area contributed by atoms with Crippen LogP contribution in [0.25, 0.3) is 0 Å². The number of hydrogen-bond donors (Lipinski definition) is 1. The SMILES string of the molecule is COC(=O)C1=C(C(=O)OC)N(c2cccc(CC(=O)O)c2)C=CC=C1. The van der Waals surface area contributed by atoms with Crippen molar-refractivity contribution in [2.75, 3.05) is 19.1 Å². The van der Waals surface area contributed by atoms with Crippen molar-refractivity contribution >= 4 is 23.6 Å². The van der Waals surface area contributed by atoms with Crippen molar-refractivity contribution in [1.82, 2.24) is 0 Å². The average molecular weight is 343 g/mol. The number of carbonyl (C=O) groups is 3. The number of esters is 2. The van der Waals surface area contributed by atoms with Crippen LogP contribution in [0.15, 0.2) is 60.0 Å². The molecule has 130 valence electrons. The summed E-state index contributed by atoms with van der Waals surface area (Å²) in [6.45, 7) is 0. The average Bonchev–Trinajstić information content (AvgIpc) is 2.83. The van der Waals surface area contributed by atoms with Crippen molar-refractivity contribution in [3.8, 4) is 0 Å². The predicted octanol–water partition coefficient (Wildman–Crippen LogP) is 1.80. The minimum absolute atomic E-state index is 0.0215. The number of anilines is 1. The smallest absolute Gasteiger partial charge is 0.355 e. The van der Waals surface area contributed by atoms with Gasteiger partial charge in [0.25, 0.3) is 0 Å². The first-order valence-corrected chi connectivity index (χ1v) is 7.33. The number of methoxy groups -OCH3 is 2. The highest BCUT2D eigenvalue weighted by molar-refractivity contribution is 6.05. The molecule has 25 heavy (non-hydrogen) atoms. The van der Waals surface area contributed by atoms with Crippen LogP contribution in [0.2, 0.25) is 0 Å². The molecule has 1 aromatic rings. The molecule has 1 aromatic carbocycles. The maximum atomic E-state index is 12.3. The molecule has 7 nitrogen and oxygen atoms in total. The van der Waals surface area contributed by atoms with Gasteiger partial charge in [-0.1, -0.05) is 18.2 Å². The second-order valence-electron chi connectivity index (χ2n) is 5.06. The van der Waals surface area contributed by atoms with Crippen LogP contribution in [0.1, 0.15) is 5.56 Å². The van der Waals surface area contributed by atoms with Gasteiger partial charge >= 0.3 is 17.9 Å². The fourth-order valence-electron chi connectivity index (χ4n) is 2.36. The molecule has 0 spiro atoms. The number of carboxylic acid groups (broad SMARTS) is 1. The topological polar surface area (TPSA) is 93.1 Å². The lowest BCUT2D eigenvalue weighted by Crippen LogP contribution is -2.27. The second-order valence-corrected chi connectivity index (χ2v) is 5.06. The predicted molar refractivity (Wildman–Crippen MR) is 89.6 cm³/mol. The minimum atomic E-state index is -0.968. The summed E-state index contributed by atoms with van der Waals surface area (Å²) < 4.78 is 9.55. The Morgan fingerprint density at radius 2 is 1.80 bits per heavy atom. The number of nitrogens with zero attached hydrogens (tertiary/aromatic N) is 1. The third kappa shape index (κ3) is 4.14. The summed E-state index contributed by atoms with van der Waals surface area (Å²) >= 11 is 0. The molecular weight excluding hydrogens is 326 g/mol. The van der Waals surface area contributed by atoms with Gasteiger partial charge in [0.05, 0.1) is 26.2 Å². The number of allylic oxidation sites excluding steroid dienone is 2. The van der Waals surface area contributed by atoms with E-state index in [0.717, 1.165) is 0 Å². The van der Waals surface area contributed by atoms with Crippen molar-refractivity contribution in [2.24, 2.45) is 0 Å². The van der Waals surface area contributed by atoms with Crippen LogP contribution in [0.5, 0.6) is 0 Å². The normalized spacial score (nSPS) is 13.4. The van der Waals surface area contributed by atoms with Crippen LogP contribution in [-0.4, -0.2) is 37.2 Å². The van der Waals surface area contributed by atoms with E-state index in [1.54, 1.807) is 42.6 Å². The van der Waals surface area contributed by atoms with Gasteiger partial charge in [-0.25, -0.2) is 9.59 Å². The van der Waals surface area contributed by atoms with Crippen molar-refractivity contribution in [3.63, 3.8) is 0 Å². The Balaban J connectivity index is 2.59. The molecule has 1 N–H and O–H groups in total. The lowest BCUT2D eigenvalue weighted by Gasteiger charge is -2.23. The summed E-state index contributed by atoms with van der Waals surface area (Å²) in [7, 11) is 2.43. The highest BCUT2D eigenvalue weighted by Gasteiger charge is 2.27. The van der Waals surface area contributed by atoms with E-state index in [2.05, 4.69) is 0 Å². The number of benzene rings is 1. The number of carboxylic acids is 1. The van der Waals surface area contributed by atoms with Gasteiger partial charge in [0.2, 0.25) is 0 Å². The highest BCUT2D eigenvalue weighted by atomic mass is 16.5. The Hall–Kier alpha value is -3.35. The van der Waals surface area contributed by atoms with E-state index < -0.39 is 17.9 Å². The van der Waals surface area contributed by atoms with Crippen LogP contribution >= 0.6 is 0 Å². The van der Waals surface area contributed by atoms with E-state index in [1.165, 1.54) is 25.2 Å². The van der Waals surface area contributed by atoms with Crippen molar-refractivity contribution in [2.45, 2.75) is 6.42 Å². The van der Waals surface area contributed by atoms with Gasteiger partial charge in [0, 0.05) is 11.9 Å². The van der Waals surface area contributed by atoms with Crippen LogP contribution in [0.4, 0.5) is 5.69 Å². The second kappa shape index (κ2) is 7.96. The summed E-state index contributed by atoms with van der Waals surface area (Å²) in [6.07, 6.45) is 6.11. The molecule has 7 heteroatoms. The Morgan fingerprint density at radius 3 is 2.44 bits per heavy atom. The molecule has 1 heterocycles. The molecular formula is C18H17NO6. The quantitative estimate of drug-likeness (QED) is 0.815. The van der Waals surface area contributed by atoms with E-state index >= 15 is 0 Å². The monoisotopic (exact) mass is 343 g/mol. The number of carbonyl (C=O) groups excluding carboxylic acids is 2. The molecule has 0 aliphatic carbocycles. The molecule has 1 aliphatic heterocycles. The summed E-state index contributed by atoms with van der Waals surface area (Å²) in [6, 6.07) is 6.66. The molecule has 0 bridgehead atoms. The van der Waals surface area contributed by atoms with Crippen molar-refractivity contribution in [3.05, 3.63) is 65.5 Å². The van der Waals surface area contributed by atoms with E-state index in [9.17, 15) is 14.4 Å². The number of hydrogen-bond acceptors (Lipinski definition) is 6. The molecule has 0 saturated heterocycles. The van der Waals surface area contributed by atoms with E-state index in [-0.39, 0.29) is 17.7 Å². The van der Waals surface area contributed by atoms with Crippen molar-refractivity contribution in [1.29, 1.82) is 0 Å². The third-order valence-electron chi connectivity index (χ3n) is 3.43. The van der Waals surface area contributed by atoms with E-state index in [4.69, 9.17) is 14.6 Å². The fraction of sp³-hybridized carbons (Fsp3) is 0.167. The maximum absolute atomic E-state index is 12.3. The first-order chi connectivity index (χ1) is 12.0. The maximum Gasteiger partial charge on any atom is 0.355 e. The van der Waals surface area contributed by atoms with E-state index in [1.807, 2.05) is 0 Å². The van der Waals surface area contributed by atoms with Crippen LogP contribution < -0.4 is 4.90 Å². The molecule has 2 rings (SSSR count). The summed E-state index contributed by atoms with van der Waals surface area (Å²) in [5.74, 6) is -2.38. The summed E-state index contributed by atoms with van der Waals surface area (Å²) in [5.41, 5.74) is 1.08. The van der Waals surface area contributed by atoms with Crippen LogP contribution in [0, 0.1) is 0 Å². The standard InChI is InChI=1S/C18H17NO6/c1-24-17(22)14-8-3-4-9-19(16(14)18(23)25-2)13-7-5-6-12(10-13)11-15(20)21/h3-10H,11H2,1-2H3,(H,20,21). The van der Waals surface area contributed by atoms with Gasteiger partial charge in [-0.05, 0) is 29.8 Å². The van der Waals surface area contributed by atoms with Crippen LogP contribution in [0.3, 0.4) is 0 Å². The van der Waals surface area contributed by atoms with E-state index in [0.29, 0.717) is 11.3 Å². The largest absolute Gasteiger partial charge is 0.481 e. The lowest BCUT2D eigenvalue weighted by atomic mass is 10.1. The first-order valence-electron chi connectivity index (χ1n) is 7.33. The van der Waals surface area contributed by atoms with Gasteiger partial charge in [-0.2, -0.15) is 0 Å². The molecule has 0 amide bonds. The molecule has 0 radical (unpaired) electrons. The highest BCUT2D eigenvalue weighted by Crippen LogP contribution is 2.27.